The first-order chi connectivity index (χ1) is 13.5. The van der Waals surface area contributed by atoms with Crippen molar-refractivity contribution >= 4 is 16.9 Å². The SMILES string of the molecule is Cc1ccc2c(c1)CN(CCNC(=O)c1ccc3nc(C)[nH]c3c1)CC(C)O2. The van der Waals surface area contributed by atoms with Crippen LogP contribution in [0.5, 0.6) is 5.75 Å². The molecule has 0 radical (unpaired) electrons. The Morgan fingerprint density at radius 1 is 1.29 bits per heavy atom. The molecule has 1 aliphatic rings. The number of H-pyrrole nitrogens is 1. The third-order valence-corrected chi connectivity index (χ3v) is 5.03. The minimum Gasteiger partial charge on any atom is -0.489 e. The summed E-state index contributed by atoms with van der Waals surface area (Å²) in [5.74, 6) is 1.75. The number of aromatic amines is 1. The van der Waals surface area contributed by atoms with Crippen molar-refractivity contribution < 1.29 is 9.53 Å². The van der Waals surface area contributed by atoms with E-state index in [-0.39, 0.29) is 12.0 Å². The number of amides is 1. The van der Waals surface area contributed by atoms with E-state index in [1.54, 1.807) is 0 Å². The van der Waals surface area contributed by atoms with Gasteiger partial charge in [0.2, 0.25) is 0 Å². The quantitative estimate of drug-likeness (QED) is 0.731. The lowest BCUT2D eigenvalue weighted by atomic mass is 10.1. The molecule has 6 nitrogen and oxygen atoms in total. The lowest BCUT2D eigenvalue weighted by Gasteiger charge is -2.22. The van der Waals surface area contributed by atoms with E-state index in [1.807, 2.05) is 25.1 Å². The van der Waals surface area contributed by atoms with Crippen molar-refractivity contribution in [2.24, 2.45) is 0 Å². The van der Waals surface area contributed by atoms with Gasteiger partial charge in [0.15, 0.2) is 0 Å². The highest BCUT2D eigenvalue weighted by molar-refractivity contribution is 5.97. The summed E-state index contributed by atoms with van der Waals surface area (Å²) < 4.78 is 6.04. The number of ether oxygens (including phenoxy) is 1. The lowest BCUT2D eigenvalue weighted by molar-refractivity contribution is 0.0944. The Kier molecular flexibility index (Phi) is 5.05. The Bertz CT molecular complexity index is 1010. The Morgan fingerprint density at radius 3 is 3.00 bits per heavy atom. The fraction of sp³-hybridized carbons (Fsp3) is 0.364. The molecule has 1 atom stereocenters. The monoisotopic (exact) mass is 378 g/mol. The zero-order valence-electron chi connectivity index (χ0n) is 16.6. The van der Waals surface area contributed by atoms with E-state index in [0.717, 1.165) is 42.2 Å². The van der Waals surface area contributed by atoms with E-state index in [2.05, 4.69) is 52.2 Å². The van der Waals surface area contributed by atoms with Crippen molar-refractivity contribution in [3.63, 3.8) is 0 Å². The Labute approximate surface area is 164 Å². The van der Waals surface area contributed by atoms with Crippen LogP contribution in [0.2, 0.25) is 0 Å². The molecule has 4 rings (SSSR count). The number of benzene rings is 2. The zero-order valence-corrected chi connectivity index (χ0v) is 16.6. The van der Waals surface area contributed by atoms with Crippen LogP contribution in [0.3, 0.4) is 0 Å². The number of imidazole rings is 1. The molecule has 1 amide bonds. The second-order valence-corrected chi connectivity index (χ2v) is 7.58. The molecule has 146 valence electrons. The molecular weight excluding hydrogens is 352 g/mol. The Morgan fingerprint density at radius 2 is 2.14 bits per heavy atom. The Hall–Kier alpha value is -2.86. The van der Waals surface area contributed by atoms with Crippen LogP contribution in [0.25, 0.3) is 11.0 Å². The summed E-state index contributed by atoms with van der Waals surface area (Å²) in [5, 5.41) is 3.03. The van der Waals surface area contributed by atoms with Gasteiger partial charge in [-0.15, -0.1) is 0 Å². The summed E-state index contributed by atoms with van der Waals surface area (Å²) in [7, 11) is 0. The van der Waals surface area contributed by atoms with Gasteiger partial charge in [-0.05, 0) is 45.0 Å². The number of fused-ring (bicyclic) bond motifs is 2. The van der Waals surface area contributed by atoms with E-state index >= 15 is 0 Å². The second-order valence-electron chi connectivity index (χ2n) is 7.58. The van der Waals surface area contributed by atoms with Gasteiger partial charge in [-0.25, -0.2) is 4.98 Å². The molecule has 3 aromatic rings. The van der Waals surface area contributed by atoms with Crippen molar-refractivity contribution in [3.8, 4) is 5.75 Å². The molecule has 0 saturated carbocycles. The van der Waals surface area contributed by atoms with Crippen molar-refractivity contribution in [1.29, 1.82) is 0 Å². The number of carbonyl (C=O) groups excluding carboxylic acids is 1. The van der Waals surface area contributed by atoms with Crippen LogP contribution >= 0.6 is 0 Å². The van der Waals surface area contributed by atoms with Gasteiger partial charge in [0.1, 0.15) is 17.7 Å². The average molecular weight is 378 g/mol. The van der Waals surface area contributed by atoms with E-state index in [4.69, 9.17) is 4.74 Å². The Balaban J connectivity index is 1.37. The molecular formula is C22H26N4O2. The molecule has 2 N–H and O–H groups in total. The molecule has 0 saturated heterocycles. The van der Waals surface area contributed by atoms with Crippen LogP contribution in [0, 0.1) is 13.8 Å². The first-order valence-corrected chi connectivity index (χ1v) is 9.71. The molecule has 28 heavy (non-hydrogen) atoms. The maximum absolute atomic E-state index is 12.5. The summed E-state index contributed by atoms with van der Waals surface area (Å²) in [6.45, 7) is 9.12. The van der Waals surface area contributed by atoms with Crippen molar-refractivity contribution in [3.05, 3.63) is 58.9 Å². The summed E-state index contributed by atoms with van der Waals surface area (Å²) in [5.41, 5.74) is 4.84. The van der Waals surface area contributed by atoms with Crippen LogP contribution in [-0.2, 0) is 6.54 Å². The number of aromatic nitrogens is 2. The van der Waals surface area contributed by atoms with Crippen LogP contribution in [-0.4, -0.2) is 46.5 Å². The highest BCUT2D eigenvalue weighted by Crippen LogP contribution is 2.26. The number of nitrogens with zero attached hydrogens (tertiary/aromatic N) is 2. The number of aryl methyl sites for hydroxylation is 2. The number of carbonyl (C=O) groups is 1. The summed E-state index contributed by atoms with van der Waals surface area (Å²) >= 11 is 0. The standard InChI is InChI=1S/C22H26N4O2/c1-14-4-7-21-18(10-14)13-26(12-15(2)28-21)9-8-23-22(27)17-5-6-19-20(11-17)25-16(3)24-19/h4-7,10-11,15H,8-9,12-13H2,1-3H3,(H,23,27)(H,24,25). The first-order valence-electron chi connectivity index (χ1n) is 9.71. The van der Waals surface area contributed by atoms with Crippen LogP contribution in [0.1, 0.15) is 34.2 Å². The maximum atomic E-state index is 12.5. The van der Waals surface area contributed by atoms with E-state index in [1.165, 1.54) is 11.1 Å². The van der Waals surface area contributed by atoms with Gasteiger partial charge in [0, 0.05) is 37.3 Å². The molecule has 1 aliphatic heterocycles. The highest BCUT2D eigenvalue weighted by atomic mass is 16.5. The summed E-state index contributed by atoms with van der Waals surface area (Å²) in [6, 6.07) is 11.9. The van der Waals surface area contributed by atoms with Gasteiger partial charge in [0.25, 0.3) is 5.91 Å². The molecule has 1 aromatic heterocycles. The zero-order chi connectivity index (χ0) is 19.7. The molecule has 0 fully saturated rings. The van der Waals surface area contributed by atoms with Gasteiger partial charge in [-0.3, -0.25) is 9.69 Å². The highest BCUT2D eigenvalue weighted by Gasteiger charge is 2.20. The average Bonchev–Trinajstić information content (AvgIpc) is 2.94. The van der Waals surface area contributed by atoms with Gasteiger partial charge in [-0.2, -0.15) is 0 Å². The molecule has 2 aromatic carbocycles. The summed E-state index contributed by atoms with van der Waals surface area (Å²) in [6.07, 6.45) is 0.116. The van der Waals surface area contributed by atoms with Gasteiger partial charge in [0.05, 0.1) is 11.0 Å². The van der Waals surface area contributed by atoms with E-state index in [9.17, 15) is 4.79 Å². The van der Waals surface area contributed by atoms with Gasteiger partial charge >= 0.3 is 0 Å². The molecule has 0 spiro atoms. The summed E-state index contributed by atoms with van der Waals surface area (Å²) in [4.78, 5) is 22.4. The number of hydrogen-bond donors (Lipinski definition) is 2. The number of nitrogens with one attached hydrogen (secondary N) is 2. The van der Waals surface area contributed by atoms with Gasteiger partial charge < -0.3 is 15.0 Å². The van der Waals surface area contributed by atoms with Crippen molar-refractivity contribution in [2.75, 3.05) is 19.6 Å². The van der Waals surface area contributed by atoms with Crippen LogP contribution < -0.4 is 10.1 Å². The fourth-order valence-electron chi connectivity index (χ4n) is 3.75. The van der Waals surface area contributed by atoms with E-state index in [0.29, 0.717) is 12.1 Å². The molecule has 2 heterocycles. The second kappa shape index (κ2) is 7.64. The third-order valence-electron chi connectivity index (χ3n) is 5.03. The number of rotatable bonds is 4. The van der Waals surface area contributed by atoms with Gasteiger partial charge in [-0.1, -0.05) is 17.7 Å². The smallest absolute Gasteiger partial charge is 0.251 e. The van der Waals surface area contributed by atoms with Crippen molar-refractivity contribution in [1.82, 2.24) is 20.2 Å². The minimum atomic E-state index is -0.0653. The molecule has 0 aliphatic carbocycles. The van der Waals surface area contributed by atoms with E-state index < -0.39 is 0 Å². The fourth-order valence-corrected chi connectivity index (χ4v) is 3.75. The minimum absolute atomic E-state index is 0.0653. The lowest BCUT2D eigenvalue weighted by Crippen LogP contribution is -2.37. The number of hydrogen-bond acceptors (Lipinski definition) is 4. The molecule has 1 unspecified atom stereocenters. The largest absolute Gasteiger partial charge is 0.489 e. The first kappa shape index (κ1) is 18.5. The van der Waals surface area contributed by atoms with Crippen molar-refractivity contribution in [2.45, 2.75) is 33.4 Å². The molecule has 0 bridgehead atoms. The van der Waals surface area contributed by atoms with Crippen LogP contribution in [0.4, 0.5) is 0 Å². The topological polar surface area (TPSA) is 70.2 Å². The van der Waals surface area contributed by atoms with Crippen LogP contribution in [0.15, 0.2) is 36.4 Å². The molecule has 6 heteroatoms. The maximum Gasteiger partial charge on any atom is 0.251 e. The normalized spacial score (nSPS) is 17.0. The predicted molar refractivity (Wildman–Crippen MR) is 110 cm³/mol. The predicted octanol–water partition coefficient (Wildman–Crippen LogP) is 3.19. The third kappa shape index (κ3) is 4.02.